The highest BCUT2D eigenvalue weighted by Crippen LogP contribution is 2.29. The van der Waals surface area contributed by atoms with Gasteiger partial charge in [-0.15, -0.1) is 12.4 Å². The molecule has 20 heavy (non-hydrogen) atoms. The van der Waals surface area contributed by atoms with Gasteiger partial charge in [-0.3, -0.25) is 9.69 Å². The fourth-order valence-corrected chi connectivity index (χ4v) is 3.28. The Bertz CT molecular complexity index is 329. The molecule has 2 fully saturated rings. The van der Waals surface area contributed by atoms with Gasteiger partial charge in [0.05, 0.1) is 6.04 Å². The Balaban J connectivity index is 0.00000200. The highest BCUT2D eigenvalue weighted by atomic mass is 35.5. The molecular formula is C15H30ClN3O. The minimum absolute atomic E-state index is 0. The third-order valence-electron chi connectivity index (χ3n) is 4.91. The predicted molar refractivity (Wildman–Crippen MR) is 85.1 cm³/mol. The highest BCUT2D eigenvalue weighted by Gasteiger charge is 2.37. The summed E-state index contributed by atoms with van der Waals surface area (Å²) in [4.78, 5) is 16.9. The summed E-state index contributed by atoms with van der Waals surface area (Å²) in [6, 6.07) is 0.255. The Kier molecular flexibility index (Phi) is 6.29. The quantitative estimate of drug-likeness (QED) is 0.847. The molecule has 2 rings (SSSR count). The Morgan fingerprint density at radius 3 is 2.35 bits per heavy atom. The zero-order valence-corrected chi connectivity index (χ0v) is 13.9. The lowest BCUT2D eigenvalue weighted by Crippen LogP contribution is -2.58. The summed E-state index contributed by atoms with van der Waals surface area (Å²) in [5.41, 5.74) is 6.28. The van der Waals surface area contributed by atoms with E-state index in [9.17, 15) is 4.79 Å². The molecule has 0 aromatic rings. The van der Waals surface area contributed by atoms with Gasteiger partial charge in [0.1, 0.15) is 0 Å². The van der Waals surface area contributed by atoms with Crippen LogP contribution in [0.5, 0.6) is 0 Å². The number of halogens is 1. The summed E-state index contributed by atoms with van der Waals surface area (Å²) in [5, 5.41) is 0. The maximum atomic E-state index is 12.5. The molecule has 0 bridgehead atoms. The van der Waals surface area contributed by atoms with Crippen molar-refractivity contribution in [2.45, 2.75) is 58.5 Å². The lowest BCUT2D eigenvalue weighted by Gasteiger charge is -2.45. The molecule has 2 heterocycles. The van der Waals surface area contributed by atoms with Crippen molar-refractivity contribution in [1.82, 2.24) is 9.80 Å². The van der Waals surface area contributed by atoms with Crippen LogP contribution in [0.2, 0.25) is 0 Å². The van der Waals surface area contributed by atoms with Crippen molar-refractivity contribution in [1.29, 1.82) is 0 Å². The van der Waals surface area contributed by atoms with Gasteiger partial charge < -0.3 is 10.6 Å². The van der Waals surface area contributed by atoms with Crippen LogP contribution in [0.3, 0.4) is 0 Å². The van der Waals surface area contributed by atoms with E-state index in [0.29, 0.717) is 5.91 Å². The number of hydrogen-bond donors (Lipinski definition) is 1. The summed E-state index contributed by atoms with van der Waals surface area (Å²) in [6.45, 7) is 10.2. The normalized spacial score (nSPS) is 28.6. The lowest BCUT2D eigenvalue weighted by atomic mass is 9.79. The predicted octanol–water partition coefficient (Wildman–Crippen LogP) is 1.87. The molecule has 2 aliphatic heterocycles. The molecule has 2 aliphatic rings. The van der Waals surface area contributed by atoms with Crippen LogP contribution in [0.15, 0.2) is 0 Å². The number of carbonyl (C=O) groups excluding carboxylic acids is 1. The number of piperidine rings is 2. The van der Waals surface area contributed by atoms with Crippen LogP contribution >= 0.6 is 12.4 Å². The molecule has 4 nitrogen and oxygen atoms in total. The van der Waals surface area contributed by atoms with Crippen LogP contribution in [-0.2, 0) is 4.79 Å². The van der Waals surface area contributed by atoms with E-state index in [-0.39, 0.29) is 29.9 Å². The average Bonchev–Trinajstić information content (AvgIpc) is 2.41. The van der Waals surface area contributed by atoms with Crippen LogP contribution in [0.25, 0.3) is 0 Å². The molecule has 2 N–H and O–H groups in total. The van der Waals surface area contributed by atoms with E-state index in [1.54, 1.807) is 0 Å². The molecule has 2 atom stereocenters. The van der Waals surface area contributed by atoms with E-state index < -0.39 is 0 Å². The SMILES string of the molecule is CC(C(=O)N1CCCCC1)N1CCC(N)C(C)(C)C1.Cl. The second kappa shape index (κ2) is 7.10. The summed E-state index contributed by atoms with van der Waals surface area (Å²) in [6.07, 6.45) is 4.58. The van der Waals surface area contributed by atoms with Crippen molar-refractivity contribution >= 4 is 18.3 Å². The number of rotatable bonds is 2. The standard InChI is InChI=1S/C15H29N3O.ClH/c1-12(14(19)17-8-5-4-6-9-17)18-10-7-13(16)15(2,3)11-18;/h12-13H,4-11,16H2,1-3H3;1H. The molecule has 2 saturated heterocycles. The van der Waals surface area contributed by atoms with E-state index in [0.717, 1.165) is 45.4 Å². The molecular weight excluding hydrogens is 274 g/mol. The van der Waals surface area contributed by atoms with Gasteiger partial charge in [-0.05, 0) is 38.0 Å². The first kappa shape index (κ1) is 17.7. The molecule has 1 amide bonds. The fraction of sp³-hybridized carbons (Fsp3) is 0.933. The van der Waals surface area contributed by atoms with Crippen LogP contribution in [0.1, 0.15) is 46.5 Å². The van der Waals surface area contributed by atoms with Crippen molar-refractivity contribution in [3.8, 4) is 0 Å². The number of amides is 1. The molecule has 0 aromatic carbocycles. The van der Waals surface area contributed by atoms with Gasteiger partial charge in [0, 0.05) is 32.2 Å². The van der Waals surface area contributed by atoms with Crippen molar-refractivity contribution in [3.05, 3.63) is 0 Å². The van der Waals surface area contributed by atoms with Crippen LogP contribution < -0.4 is 5.73 Å². The fourth-order valence-electron chi connectivity index (χ4n) is 3.28. The van der Waals surface area contributed by atoms with Gasteiger partial charge in [0.15, 0.2) is 0 Å². The molecule has 0 aliphatic carbocycles. The summed E-state index contributed by atoms with van der Waals surface area (Å²) in [5.74, 6) is 0.311. The third kappa shape index (κ3) is 3.86. The van der Waals surface area contributed by atoms with Crippen LogP contribution in [0.4, 0.5) is 0 Å². The summed E-state index contributed by atoms with van der Waals surface area (Å²) < 4.78 is 0. The molecule has 0 radical (unpaired) electrons. The monoisotopic (exact) mass is 303 g/mol. The van der Waals surface area contributed by atoms with Gasteiger partial charge >= 0.3 is 0 Å². The minimum Gasteiger partial charge on any atom is -0.341 e. The number of likely N-dealkylation sites (tertiary alicyclic amines) is 2. The second-order valence-corrected chi connectivity index (χ2v) is 6.92. The van der Waals surface area contributed by atoms with Crippen molar-refractivity contribution < 1.29 is 4.79 Å². The van der Waals surface area contributed by atoms with Gasteiger partial charge in [0.2, 0.25) is 5.91 Å². The molecule has 0 spiro atoms. The van der Waals surface area contributed by atoms with Crippen LogP contribution in [0, 0.1) is 5.41 Å². The largest absolute Gasteiger partial charge is 0.341 e. The molecule has 2 unspecified atom stereocenters. The zero-order valence-electron chi connectivity index (χ0n) is 13.1. The minimum atomic E-state index is 0. The number of nitrogens with two attached hydrogens (primary N) is 1. The maximum absolute atomic E-state index is 12.5. The number of carbonyl (C=O) groups is 1. The third-order valence-corrected chi connectivity index (χ3v) is 4.91. The first-order chi connectivity index (χ1) is 8.92. The lowest BCUT2D eigenvalue weighted by molar-refractivity contribution is -0.138. The Morgan fingerprint density at radius 1 is 1.20 bits per heavy atom. The van der Waals surface area contributed by atoms with E-state index in [1.165, 1.54) is 6.42 Å². The summed E-state index contributed by atoms with van der Waals surface area (Å²) in [7, 11) is 0. The smallest absolute Gasteiger partial charge is 0.239 e. The molecule has 0 saturated carbocycles. The number of nitrogens with zero attached hydrogens (tertiary/aromatic N) is 2. The average molecular weight is 304 g/mol. The van der Waals surface area contributed by atoms with Crippen molar-refractivity contribution in [2.75, 3.05) is 26.2 Å². The Morgan fingerprint density at radius 2 is 1.80 bits per heavy atom. The molecule has 5 heteroatoms. The van der Waals surface area contributed by atoms with Gasteiger partial charge in [0.25, 0.3) is 0 Å². The molecule has 0 aromatic heterocycles. The Labute approximate surface area is 129 Å². The second-order valence-electron chi connectivity index (χ2n) is 6.92. The van der Waals surface area contributed by atoms with E-state index in [4.69, 9.17) is 5.73 Å². The first-order valence-corrected chi connectivity index (χ1v) is 7.70. The Hall–Kier alpha value is -0.320. The molecule has 118 valence electrons. The van der Waals surface area contributed by atoms with Crippen LogP contribution in [-0.4, -0.2) is 54.0 Å². The van der Waals surface area contributed by atoms with Gasteiger partial charge in [-0.2, -0.15) is 0 Å². The number of hydrogen-bond acceptors (Lipinski definition) is 3. The van der Waals surface area contributed by atoms with E-state index in [2.05, 4.69) is 30.6 Å². The van der Waals surface area contributed by atoms with E-state index >= 15 is 0 Å². The summed E-state index contributed by atoms with van der Waals surface area (Å²) >= 11 is 0. The van der Waals surface area contributed by atoms with Gasteiger partial charge in [-0.25, -0.2) is 0 Å². The van der Waals surface area contributed by atoms with Gasteiger partial charge in [-0.1, -0.05) is 13.8 Å². The van der Waals surface area contributed by atoms with Crippen molar-refractivity contribution in [3.63, 3.8) is 0 Å². The van der Waals surface area contributed by atoms with Crippen molar-refractivity contribution in [2.24, 2.45) is 11.1 Å². The first-order valence-electron chi connectivity index (χ1n) is 7.70. The highest BCUT2D eigenvalue weighted by molar-refractivity contribution is 5.85. The zero-order chi connectivity index (χ0) is 14.0. The van der Waals surface area contributed by atoms with E-state index in [1.807, 2.05) is 0 Å². The maximum Gasteiger partial charge on any atom is 0.239 e. The topological polar surface area (TPSA) is 49.6 Å².